The molecule has 158 valence electrons. The molecule has 2 atom stereocenters. The number of H-pyrrole nitrogens is 1. The number of halogens is 5. The smallest absolute Gasteiger partial charge is 0.379 e. The van der Waals surface area contributed by atoms with Crippen LogP contribution in [0.1, 0.15) is 40.8 Å². The average Bonchev–Trinajstić information content (AvgIpc) is 3.21. The van der Waals surface area contributed by atoms with Gasteiger partial charge in [0.2, 0.25) is 0 Å². The molecule has 0 saturated carbocycles. The first kappa shape index (κ1) is 21.4. The summed E-state index contributed by atoms with van der Waals surface area (Å²) in [6, 6.07) is 4.75. The number of carbonyl (C=O) groups is 1. The second-order valence-electron chi connectivity index (χ2n) is 6.48. The topological polar surface area (TPSA) is 90.9 Å². The van der Waals surface area contributed by atoms with Gasteiger partial charge in [0.1, 0.15) is 23.8 Å². The highest BCUT2D eigenvalue weighted by atomic mass is 19.4. The van der Waals surface area contributed by atoms with E-state index in [4.69, 9.17) is 0 Å². The molecule has 0 saturated heterocycles. The lowest BCUT2D eigenvalue weighted by Crippen LogP contribution is -2.28. The molecule has 1 heterocycles. The molecule has 2 aromatic carbocycles. The monoisotopic (exact) mass is 426 g/mol. The van der Waals surface area contributed by atoms with Crippen molar-refractivity contribution >= 4 is 5.91 Å². The molecule has 3 rings (SSSR count). The van der Waals surface area contributed by atoms with Crippen LogP contribution in [0.3, 0.4) is 0 Å². The standard InChI is InChI=1S/C19H15F5N4O2/c1-9(17-25-8-26-28-17)27-18(30)12-5-10(14-3-2-13(20)7-15(14)21)4-11(6-12)16(29)19(22,23)24/h2-9,16,29H,1H3,(H,27,30)(H,25,26,28)/t9-,16?/m0/s1. The minimum atomic E-state index is -5.01. The molecule has 0 radical (unpaired) electrons. The molecule has 0 aliphatic carbocycles. The number of alkyl halides is 3. The minimum Gasteiger partial charge on any atom is -0.379 e. The van der Waals surface area contributed by atoms with Crippen molar-refractivity contribution in [3.63, 3.8) is 0 Å². The Morgan fingerprint density at radius 1 is 1.17 bits per heavy atom. The van der Waals surface area contributed by atoms with Crippen molar-refractivity contribution in [1.82, 2.24) is 20.5 Å². The summed E-state index contributed by atoms with van der Waals surface area (Å²) in [4.78, 5) is 16.5. The van der Waals surface area contributed by atoms with Gasteiger partial charge >= 0.3 is 6.18 Å². The van der Waals surface area contributed by atoms with E-state index in [1.807, 2.05) is 0 Å². The number of aliphatic hydroxyl groups excluding tert-OH is 1. The summed E-state index contributed by atoms with van der Waals surface area (Å²) in [5.41, 5.74) is -1.29. The van der Waals surface area contributed by atoms with Crippen LogP contribution in [0.2, 0.25) is 0 Å². The van der Waals surface area contributed by atoms with E-state index < -0.39 is 41.4 Å². The summed E-state index contributed by atoms with van der Waals surface area (Å²) < 4.78 is 66.5. The van der Waals surface area contributed by atoms with Gasteiger partial charge in [0, 0.05) is 17.2 Å². The summed E-state index contributed by atoms with van der Waals surface area (Å²) in [5.74, 6) is -2.39. The van der Waals surface area contributed by atoms with Gasteiger partial charge in [0.25, 0.3) is 5.91 Å². The number of hydrogen-bond donors (Lipinski definition) is 3. The molecule has 1 amide bonds. The van der Waals surface area contributed by atoms with Crippen molar-refractivity contribution in [3.8, 4) is 11.1 Å². The quantitative estimate of drug-likeness (QED) is 0.541. The van der Waals surface area contributed by atoms with Gasteiger partial charge in [-0.3, -0.25) is 9.89 Å². The minimum absolute atomic E-state index is 0.134. The summed E-state index contributed by atoms with van der Waals surface area (Å²) >= 11 is 0. The van der Waals surface area contributed by atoms with Crippen molar-refractivity contribution < 1.29 is 31.9 Å². The normalized spacial score (nSPS) is 13.7. The summed E-state index contributed by atoms with van der Waals surface area (Å²) in [6.07, 6.45) is -6.70. The molecule has 0 aliphatic heterocycles. The fourth-order valence-corrected chi connectivity index (χ4v) is 2.78. The number of aromatic nitrogens is 3. The molecule has 6 nitrogen and oxygen atoms in total. The van der Waals surface area contributed by atoms with Gasteiger partial charge in [-0.25, -0.2) is 13.8 Å². The lowest BCUT2D eigenvalue weighted by molar-refractivity contribution is -0.206. The fourth-order valence-electron chi connectivity index (χ4n) is 2.78. The molecule has 30 heavy (non-hydrogen) atoms. The third-order valence-corrected chi connectivity index (χ3v) is 4.28. The van der Waals surface area contributed by atoms with Crippen LogP contribution in [0, 0.1) is 11.6 Å². The molecule has 0 bridgehead atoms. The van der Waals surface area contributed by atoms with Gasteiger partial charge in [0.05, 0.1) is 6.04 Å². The number of benzene rings is 2. The van der Waals surface area contributed by atoms with E-state index >= 15 is 0 Å². The fraction of sp³-hybridized carbons (Fsp3) is 0.211. The maximum atomic E-state index is 14.2. The molecule has 0 fully saturated rings. The Hall–Kier alpha value is -3.34. The highest BCUT2D eigenvalue weighted by Crippen LogP contribution is 2.35. The van der Waals surface area contributed by atoms with E-state index in [9.17, 15) is 31.9 Å². The number of nitrogens with zero attached hydrogens (tertiary/aromatic N) is 2. The molecular weight excluding hydrogens is 411 g/mol. The first-order valence-corrected chi connectivity index (χ1v) is 8.57. The number of nitrogens with one attached hydrogen (secondary N) is 2. The van der Waals surface area contributed by atoms with Crippen LogP contribution in [0.15, 0.2) is 42.7 Å². The van der Waals surface area contributed by atoms with Crippen LogP contribution in [0.5, 0.6) is 0 Å². The largest absolute Gasteiger partial charge is 0.418 e. The van der Waals surface area contributed by atoms with Crippen LogP contribution in [0.4, 0.5) is 22.0 Å². The van der Waals surface area contributed by atoms with Crippen LogP contribution < -0.4 is 5.32 Å². The van der Waals surface area contributed by atoms with Gasteiger partial charge < -0.3 is 10.4 Å². The third-order valence-electron chi connectivity index (χ3n) is 4.28. The van der Waals surface area contributed by atoms with Crippen molar-refractivity contribution in [1.29, 1.82) is 0 Å². The van der Waals surface area contributed by atoms with E-state index in [1.54, 1.807) is 6.92 Å². The first-order chi connectivity index (χ1) is 14.1. The van der Waals surface area contributed by atoms with Gasteiger partial charge in [-0.05, 0) is 48.4 Å². The zero-order valence-corrected chi connectivity index (χ0v) is 15.3. The van der Waals surface area contributed by atoms with Crippen LogP contribution in [0.25, 0.3) is 11.1 Å². The molecule has 0 aliphatic rings. The molecule has 3 N–H and O–H groups in total. The van der Waals surface area contributed by atoms with E-state index in [-0.39, 0.29) is 16.7 Å². The van der Waals surface area contributed by atoms with E-state index in [0.717, 1.165) is 30.3 Å². The van der Waals surface area contributed by atoms with E-state index in [0.29, 0.717) is 11.9 Å². The second-order valence-corrected chi connectivity index (χ2v) is 6.48. The van der Waals surface area contributed by atoms with Gasteiger partial charge in [-0.1, -0.05) is 0 Å². The van der Waals surface area contributed by atoms with Crippen molar-refractivity contribution in [3.05, 3.63) is 71.3 Å². The second kappa shape index (κ2) is 8.19. The summed E-state index contributed by atoms with van der Waals surface area (Å²) in [7, 11) is 0. The zero-order chi connectivity index (χ0) is 22.1. The highest BCUT2D eigenvalue weighted by molar-refractivity contribution is 5.96. The number of rotatable bonds is 5. The number of hydrogen-bond acceptors (Lipinski definition) is 4. The van der Waals surface area contributed by atoms with Crippen molar-refractivity contribution in [2.45, 2.75) is 25.2 Å². The lowest BCUT2D eigenvalue weighted by atomic mass is 9.96. The maximum Gasteiger partial charge on any atom is 0.418 e. The zero-order valence-electron chi connectivity index (χ0n) is 15.3. The van der Waals surface area contributed by atoms with Gasteiger partial charge in [-0.15, -0.1) is 0 Å². The van der Waals surface area contributed by atoms with Crippen LogP contribution in [-0.4, -0.2) is 32.4 Å². The molecule has 11 heteroatoms. The molecule has 1 unspecified atom stereocenters. The maximum absolute atomic E-state index is 14.2. The molecular formula is C19H15F5N4O2. The Morgan fingerprint density at radius 3 is 2.50 bits per heavy atom. The van der Waals surface area contributed by atoms with Gasteiger partial charge in [-0.2, -0.15) is 18.3 Å². The Labute approximate surface area is 166 Å². The number of aliphatic hydroxyl groups is 1. The average molecular weight is 426 g/mol. The number of aromatic amines is 1. The molecule has 0 spiro atoms. The molecule has 1 aromatic heterocycles. The Kier molecular flexibility index (Phi) is 5.83. The predicted molar refractivity (Wildman–Crippen MR) is 95.1 cm³/mol. The number of amides is 1. The van der Waals surface area contributed by atoms with Crippen LogP contribution in [-0.2, 0) is 0 Å². The number of carbonyl (C=O) groups excluding carboxylic acids is 1. The Balaban J connectivity index is 2.04. The van der Waals surface area contributed by atoms with Gasteiger partial charge in [0.15, 0.2) is 6.10 Å². The summed E-state index contributed by atoms with van der Waals surface area (Å²) in [5, 5.41) is 18.3. The Bertz CT molecular complexity index is 1050. The lowest BCUT2D eigenvalue weighted by Gasteiger charge is -2.18. The van der Waals surface area contributed by atoms with Crippen molar-refractivity contribution in [2.75, 3.05) is 0 Å². The third kappa shape index (κ3) is 4.62. The van der Waals surface area contributed by atoms with E-state index in [2.05, 4.69) is 20.5 Å². The predicted octanol–water partition coefficient (Wildman–Crippen LogP) is 3.84. The first-order valence-electron chi connectivity index (χ1n) is 8.57. The van der Waals surface area contributed by atoms with Crippen LogP contribution >= 0.6 is 0 Å². The van der Waals surface area contributed by atoms with Crippen molar-refractivity contribution in [2.24, 2.45) is 0 Å². The Morgan fingerprint density at radius 2 is 1.90 bits per heavy atom. The molecule has 3 aromatic rings. The SMILES string of the molecule is C[C@H](NC(=O)c1cc(-c2ccc(F)cc2F)cc(C(O)C(F)(F)F)c1)c1ncn[nH]1. The van der Waals surface area contributed by atoms with E-state index in [1.165, 1.54) is 6.33 Å². The highest BCUT2D eigenvalue weighted by Gasteiger charge is 2.40. The summed E-state index contributed by atoms with van der Waals surface area (Å²) in [6.45, 7) is 1.56.